The molecule has 0 radical (unpaired) electrons. The van der Waals surface area contributed by atoms with Crippen LogP contribution in [0, 0.1) is 45.6 Å². The molecule has 3 saturated carbocycles. The maximum atomic E-state index is 13.2. The van der Waals surface area contributed by atoms with Gasteiger partial charge in [-0.1, -0.05) is 18.2 Å². The topological polar surface area (TPSA) is 80.5 Å². The Morgan fingerprint density at radius 2 is 1.42 bits per heavy atom. The second kappa shape index (κ2) is 4.50. The van der Waals surface area contributed by atoms with Crippen LogP contribution in [-0.2, 0) is 9.59 Å². The van der Waals surface area contributed by atoms with E-state index in [1.807, 2.05) is 0 Å². The summed E-state index contributed by atoms with van der Waals surface area (Å²) in [6.45, 7) is 0. The maximum Gasteiger partial charge on any atom is 0.277 e. The fraction of sp³-hybridized carbons (Fsp3) is 0.400. The minimum atomic E-state index is -0.428. The van der Waals surface area contributed by atoms with E-state index in [4.69, 9.17) is 0 Å². The van der Waals surface area contributed by atoms with E-state index in [1.54, 1.807) is 30.3 Å². The van der Waals surface area contributed by atoms with Gasteiger partial charge in [-0.05, 0) is 48.6 Å². The molecule has 4 aliphatic rings. The molecule has 1 saturated heterocycles. The van der Waals surface area contributed by atoms with E-state index >= 15 is 0 Å². The Kier molecular flexibility index (Phi) is 2.49. The predicted octanol–water partition coefficient (Wildman–Crippen LogP) is 3.14. The van der Waals surface area contributed by atoms with Gasteiger partial charge in [0.05, 0.1) is 27.8 Å². The van der Waals surface area contributed by atoms with Crippen LogP contribution < -0.4 is 4.90 Å². The summed E-state index contributed by atoms with van der Waals surface area (Å²) in [5.74, 6) is 1.46. The van der Waals surface area contributed by atoms with Gasteiger partial charge in [0, 0.05) is 11.5 Å². The Bertz CT molecular complexity index is 1000. The van der Waals surface area contributed by atoms with Gasteiger partial charge in [-0.2, -0.15) is 0 Å². The minimum absolute atomic E-state index is 0.00930. The number of hydrogen-bond donors (Lipinski definition) is 0. The highest BCUT2D eigenvalue weighted by molar-refractivity contribution is 6.25. The minimum Gasteiger partial charge on any atom is -0.274 e. The van der Waals surface area contributed by atoms with Gasteiger partial charge in [-0.15, -0.1) is 0 Å². The number of amides is 2. The number of nitro benzene ring substituents is 1. The summed E-state index contributed by atoms with van der Waals surface area (Å²) in [5, 5.41) is 12.4. The van der Waals surface area contributed by atoms with E-state index in [9.17, 15) is 19.7 Å². The molecular formula is C20H16N2O4. The number of carbonyl (C=O) groups excluding carboxylic acids is 2. The van der Waals surface area contributed by atoms with Crippen LogP contribution >= 0.6 is 0 Å². The van der Waals surface area contributed by atoms with Gasteiger partial charge in [0.15, 0.2) is 0 Å². The second-order valence-corrected chi connectivity index (χ2v) is 8.10. The number of hydrogen-bond acceptors (Lipinski definition) is 4. The number of nitrogens with zero attached hydrogens (tertiary/aromatic N) is 2. The van der Waals surface area contributed by atoms with Crippen LogP contribution in [0.1, 0.15) is 12.8 Å². The van der Waals surface area contributed by atoms with Crippen molar-refractivity contribution in [2.24, 2.45) is 35.5 Å². The molecule has 6 nitrogen and oxygen atoms in total. The fourth-order valence-electron chi connectivity index (χ4n) is 6.18. The molecular weight excluding hydrogens is 332 g/mol. The molecule has 0 N–H and O–H groups in total. The summed E-state index contributed by atoms with van der Waals surface area (Å²) in [6.07, 6.45) is 2.21. The zero-order valence-electron chi connectivity index (χ0n) is 13.9. The van der Waals surface area contributed by atoms with E-state index in [0.29, 0.717) is 40.1 Å². The van der Waals surface area contributed by atoms with E-state index in [0.717, 1.165) is 6.42 Å². The first kappa shape index (κ1) is 14.4. The van der Waals surface area contributed by atoms with Gasteiger partial charge in [-0.25, -0.2) is 4.90 Å². The molecule has 3 aliphatic carbocycles. The first-order valence-corrected chi connectivity index (χ1v) is 9.12. The predicted molar refractivity (Wildman–Crippen MR) is 93.3 cm³/mol. The van der Waals surface area contributed by atoms with Gasteiger partial charge in [0.2, 0.25) is 11.8 Å². The van der Waals surface area contributed by atoms with Crippen LogP contribution in [-0.4, -0.2) is 16.7 Å². The lowest BCUT2D eigenvalue weighted by molar-refractivity contribution is -0.383. The number of anilines is 1. The summed E-state index contributed by atoms with van der Waals surface area (Å²) in [5.41, 5.74) is 0.480. The fourth-order valence-corrected chi connectivity index (χ4v) is 6.18. The van der Waals surface area contributed by atoms with Crippen molar-refractivity contribution in [2.45, 2.75) is 12.8 Å². The lowest BCUT2D eigenvalue weighted by Crippen LogP contribution is -2.33. The van der Waals surface area contributed by atoms with Crippen LogP contribution in [0.2, 0.25) is 0 Å². The molecule has 2 aromatic rings. The molecule has 2 amide bonds. The lowest BCUT2D eigenvalue weighted by atomic mass is 9.81. The molecule has 6 heteroatoms. The van der Waals surface area contributed by atoms with Gasteiger partial charge in [-0.3, -0.25) is 19.7 Å². The first-order chi connectivity index (χ1) is 12.6. The molecule has 6 atom stereocenters. The smallest absolute Gasteiger partial charge is 0.274 e. The highest BCUT2D eigenvalue weighted by Crippen LogP contribution is 2.71. The van der Waals surface area contributed by atoms with Crippen molar-refractivity contribution in [1.29, 1.82) is 0 Å². The van der Waals surface area contributed by atoms with Crippen molar-refractivity contribution in [3.63, 3.8) is 0 Å². The number of nitro groups is 1. The monoisotopic (exact) mass is 348 g/mol. The van der Waals surface area contributed by atoms with E-state index in [1.165, 1.54) is 17.4 Å². The normalized spacial score (nSPS) is 36.5. The number of non-ortho nitro benzene ring substituents is 1. The molecule has 0 unspecified atom stereocenters. The number of benzene rings is 2. The highest BCUT2D eigenvalue weighted by atomic mass is 16.6. The van der Waals surface area contributed by atoms with Crippen molar-refractivity contribution >= 4 is 34.0 Å². The van der Waals surface area contributed by atoms with Crippen LogP contribution in [0.5, 0.6) is 0 Å². The summed E-state index contributed by atoms with van der Waals surface area (Å²) >= 11 is 0. The van der Waals surface area contributed by atoms with Crippen LogP contribution in [0.4, 0.5) is 11.4 Å². The second-order valence-electron chi connectivity index (χ2n) is 8.10. The molecule has 4 fully saturated rings. The lowest BCUT2D eigenvalue weighted by Gasteiger charge is -2.20. The zero-order chi connectivity index (χ0) is 17.7. The van der Waals surface area contributed by atoms with E-state index < -0.39 is 4.92 Å². The highest BCUT2D eigenvalue weighted by Gasteiger charge is 2.72. The van der Waals surface area contributed by atoms with Crippen LogP contribution in [0.15, 0.2) is 36.4 Å². The molecule has 6 rings (SSSR count). The van der Waals surface area contributed by atoms with Crippen molar-refractivity contribution in [3.8, 4) is 0 Å². The Labute approximate surface area is 148 Å². The Morgan fingerprint density at radius 3 is 2.04 bits per heavy atom. The molecule has 130 valence electrons. The summed E-state index contributed by atoms with van der Waals surface area (Å²) in [6, 6.07) is 9.88. The number of carbonyl (C=O) groups is 2. The quantitative estimate of drug-likeness (QED) is 0.474. The molecule has 2 aromatic carbocycles. The van der Waals surface area contributed by atoms with E-state index in [2.05, 4.69) is 0 Å². The van der Waals surface area contributed by atoms with Crippen molar-refractivity contribution in [3.05, 3.63) is 46.5 Å². The van der Waals surface area contributed by atoms with Crippen molar-refractivity contribution in [1.82, 2.24) is 0 Å². The summed E-state index contributed by atoms with van der Waals surface area (Å²) in [4.78, 5) is 38.6. The maximum absolute atomic E-state index is 13.2. The van der Waals surface area contributed by atoms with Crippen molar-refractivity contribution in [2.75, 3.05) is 4.90 Å². The molecule has 0 spiro atoms. The summed E-state index contributed by atoms with van der Waals surface area (Å²) in [7, 11) is 0. The third-order valence-corrected chi connectivity index (χ3v) is 7.17. The SMILES string of the molecule is O=C1[C@@H]2[C@@H]3C[C@@H]([C@H]4C[C@H]43)[C@@H]2C(=O)N1c1ccc([N+](=O)[O-])c2ccccc12. The average Bonchev–Trinajstić information content (AvgIpc) is 3.15. The largest absolute Gasteiger partial charge is 0.277 e. The standard InChI is InChI=1S/C20H16N2O4/c23-19-17-13-8-14(12-7-11(12)13)18(17)20(24)21(19)15-5-6-16(22(25)26)10-4-2-1-3-9(10)15/h1-6,11-14,17-18H,7-8H2/t11-,12+,13-,14+,17-,18+. The first-order valence-electron chi connectivity index (χ1n) is 9.12. The summed E-state index contributed by atoms with van der Waals surface area (Å²) < 4.78 is 0. The van der Waals surface area contributed by atoms with Crippen LogP contribution in [0.3, 0.4) is 0 Å². The number of fused-ring (bicyclic) bond motifs is 9. The molecule has 26 heavy (non-hydrogen) atoms. The van der Waals surface area contributed by atoms with Crippen LogP contribution in [0.25, 0.3) is 10.8 Å². The molecule has 0 aromatic heterocycles. The molecule has 1 heterocycles. The Hall–Kier alpha value is -2.76. The van der Waals surface area contributed by atoms with Gasteiger partial charge in [0.1, 0.15) is 0 Å². The Morgan fingerprint density at radius 1 is 0.846 bits per heavy atom. The van der Waals surface area contributed by atoms with Gasteiger partial charge in [0.25, 0.3) is 5.69 Å². The molecule has 1 aliphatic heterocycles. The average molecular weight is 348 g/mol. The third-order valence-electron chi connectivity index (χ3n) is 7.17. The van der Waals surface area contributed by atoms with Crippen molar-refractivity contribution < 1.29 is 14.5 Å². The zero-order valence-corrected chi connectivity index (χ0v) is 13.9. The Balaban J connectivity index is 1.50. The van der Waals surface area contributed by atoms with Gasteiger partial charge < -0.3 is 0 Å². The van der Waals surface area contributed by atoms with Gasteiger partial charge >= 0.3 is 0 Å². The third kappa shape index (κ3) is 1.54. The number of rotatable bonds is 2. The molecule has 2 bridgehead atoms. The van der Waals surface area contributed by atoms with E-state index in [-0.39, 0.29) is 29.3 Å². The number of imide groups is 1.